The SMILES string of the molecule is C[C@@H]1CN([C@H](C)CO)C(=O)Cc2cc(NC(=O)Nc3ccc(C(F)(F)F)cc3)ccc2O[C@@H]1CN(C)S(=O)(=O)c1cn(C)cn1. The zero-order valence-electron chi connectivity index (χ0n) is 25.1. The van der Waals surface area contributed by atoms with Gasteiger partial charge < -0.3 is 29.9 Å². The number of halogens is 3. The number of likely N-dealkylation sites (N-methyl/N-ethyl adjacent to an activating group) is 1. The summed E-state index contributed by atoms with van der Waals surface area (Å²) < 4.78 is 74.0. The monoisotopic (exact) mass is 652 g/mol. The van der Waals surface area contributed by atoms with E-state index in [1.165, 1.54) is 41.2 Å². The van der Waals surface area contributed by atoms with Crippen LogP contribution in [0.1, 0.15) is 25.0 Å². The molecular weight excluding hydrogens is 617 g/mol. The van der Waals surface area contributed by atoms with Gasteiger partial charge in [0.15, 0.2) is 5.03 Å². The third kappa shape index (κ3) is 8.12. The quantitative estimate of drug-likeness (QED) is 0.338. The second-order valence-corrected chi connectivity index (χ2v) is 13.0. The number of alkyl halides is 3. The maximum Gasteiger partial charge on any atom is 0.416 e. The average molecular weight is 653 g/mol. The number of aryl methyl sites for hydroxylation is 1. The van der Waals surface area contributed by atoms with Gasteiger partial charge in [-0.3, -0.25) is 4.79 Å². The van der Waals surface area contributed by atoms with Crippen LogP contribution < -0.4 is 15.4 Å². The number of fused-ring (bicyclic) bond motifs is 1. The van der Waals surface area contributed by atoms with Crippen LogP contribution in [0.4, 0.5) is 29.3 Å². The molecular formula is C29H35F3N6O6S. The summed E-state index contributed by atoms with van der Waals surface area (Å²) in [7, 11) is -0.892. The first kappa shape index (κ1) is 33.7. The predicted octanol–water partition coefficient (Wildman–Crippen LogP) is 3.55. The zero-order chi connectivity index (χ0) is 33.1. The Kier molecular flexibility index (Phi) is 10.1. The topological polar surface area (TPSA) is 146 Å². The molecule has 2 heterocycles. The fraction of sp³-hybridized carbons (Fsp3) is 0.414. The van der Waals surface area contributed by atoms with Crippen molar-refractivity contribution >= 4 is 33.3 Å². The Labute approximate surface area is 258 Å². The second-order valence-electron chi connectivity index (χ2n) is 11.0. The highest BCUT2D eigenvalue weighted by Gasteiger charge is 2.34. The Balaban J connectivity index is 1.58. The van der Waals surface area contributed by atoms with Crippen LogP contribution in [-0.4, -0.2) is 83.1 Å². The molecule has 3 N–H and O–H groups in total. The molecule has 244 valence electrons. The molecule has 4 rings (SSSR count). The highest BCUT2D eigenvalue weighted by Crippen LogP contribution is 2.31. The largest absolute Gasteiger partial charge is 0.488 e. The van der Waals surface area contributed by atoms with Gasteiger partial charge in [-0.15, -0.1) is 0 Å². The first-order valence-corrected chi connectivity index (χ1v) is 15.4. The smallest absolute Gasteiger partial charge is 0.416 e. The summed E-state index contributed by atoms with van der Waals surface area (Å²) in [5.41, 5.74) is -0.0442. The van der Waals surface area contributed by atoms with Gasteiger partial charge in [0.05, 0.1) is 37.5 Å². The first-order valence-electron chi connectivity index (χ1n) is 14.0. The molecule has 3 amide bonds. The van der Waals surface area contributed by atoms with E-state index < -0.39 is 39.9 Å². The van der Waals surface area contributed by atoms with Gasteiger partial charge in [-0.05, 0) is 49.4 Å². The number of aliphatic hydroxyl groups is 1. The predicted molar refractivity (Wildman–Crippen MR) is 159 cm³/mol. The summed E-state index contributed by atoms with van der Waals surface area (Å²) in [5.74, 6) is -0.381. The van der Waals surface area contributed by atoms with E-state index in [-0.39, 0.29) is 54.3 Å². The van der Waals surface area contributed by atoms with E-state index in [1.54, 1.807) is 20.0 Å². The number of nitrogens with zero attached hydrogens (tertiary/aromatic N) is 4. The van der Waals surface area contributed by atoms with Crippen molar-refractivity contribution in [1.29, 1.82) is 0 Å². The number of aromatic nitrogens is 2. The van der Waals surface area contributed by atoms with Crippen molar-refractivity contribution in [2.24, 2.45) is 13.0 Å². The van der Waals surface area contributed by atoms with E-state index in [2.05, 4.69) is 15.6 Å². The van der Waals surface area contributed by atoms with Crippen LogP contribution in [0.5, 0.6) is 5.75 Å². The van der Waals surface area contributed by atoms with Crippen LogP contribution in [0.15, 0.2) is 60.0 Å². The molecule has 0 fully saturated rings. The molecule has 0 saturated carbocycles. The number of sulfonamides is 1. The number of hydrogen-bond donors (Lipinski definition) is 3. The van der Waals surface area contributed by atoms with Crippen LogP contribution in [0.3, 0.4) is 0 Å². The van der Waals surface area contributed by atoms with Gasteiger partial charge in [-0.1, -0.05) is 6.92 Å². The molecule has 1 aromatic heterocycles. The van der Waals surface area contributed by atoms with Gasteiger partial charge >= 0.3 is 12.2 Å². The fourth-order valence-electron chi connectivity index (χ4n) is 4.79. The number of nitrogens with one attached hydrogen (secondary N) is 2. The lowest BCUT2D eigenvalue weighted by Crippen LogP contribution is -2.48. The number of urea groups is 1. The molecule has 1 aliphatic rings. The number of amides is 3. The molecule has 0 bridgehead atoms. The Morgan fingerprint density at radius 3 is 2.42 bits per heavy atom. The van der Waals surface area contributed by atoms with Crippen molar-refractivity contribution in [2.45, 2.75) is 43.6 Å². The molecule has 3 aromatic rings. The molecule has 0 unspecified atom stereocenters. The lowest BCUT2D eigenvalue weighted by Gasteiger charge is -2.33. The minimum absolute atomic E-state index is 0.0788. The lowest BCUT2D eigenvalue weighted by molar-refractivity contribution is -0.137. The first-order chi connectivity index (χ1) is 21.1. The molecule has 3 atom stereocenters. The maximum atomic E-state index is 13.4. The van der Waals surface area contributed by atoms with Crippen molar-refractivity contribution in [3.8, 4) is 5.75 Å². The van der Waals surface area contributed by atoms with E-state index in [9.17, 15) is 36.3 Å². The highest BCUT2D eigenvalue weighted by molar-refractivity contribution is 7.89. The van der Waals surface area contributed by atoms with Crippen molar-refractivity contribution in [3.63, 3.8) is 0 Å². The number of carbonyl (C=O) groups is 2. The molecule has 1 aliphatic heterocycles. The van der Waals surface area contributed by atoms with Crippen LogP contribution in [-0.2, 0) is 34.5 Å². The lowest BCUT2D eigenvalue weighted by atomic mass is 10.0. The van der Waals surface area contributed by atoms with E-state index in [0.29, 0.717) is 11.3 Å². The van der Waals surface area contributed by atoms with E-state index in [1.807, 2.05) is 6.92 Å². The number of carbonyl (C=O) groups excluding carboxylic acids is 2. The van der Waals surface area contributed by atoms with Gasteiger partial charge in [0.2, 0.25) is 5.91 Å². The number of rotatable bonds is 8. The van der Waals surface area contributed by atoms with Crippen molar-refractivity contribution < 1.29 is 41.0 Å². The Hall–Kier alpha value is -4.15. The molecule has 12 nitrogen and oxygen atoms in total. The third-order valence-electron chi connectivity index (χ3n) is 7.44. The summed E-state index contributed by atoms with van der Waals surface area (Å²) >= 11 is 0. The van der Waals surface area contributed by atoms with E-state index in [0.717, 1.165) is 28.6 Å². The van der Waals surface area contributed by atoms with Gasteiger partial charge in [0.1, 0.15) is 11.9 Å². The standard InChI is InChI=1S/C29H35F3N6O6S/c1-18-13-38(19(2)16-39)27(40)12-20-11-23(35-28(41)34-22-7-5-21(6-8-22)29(30,31)32)9-10-24(20)44-25(18)14-37(4)45(42,43)26-15-36(3)17-33-26/h5-11,15,17-19,25,39H,12-14,16H2,1-4H3,(H2,34,35,41)/t18-,19-,25-/m1/s1. The van der Waals surface area contributed by atoms with Gasteiger partial charge in [-0.2, -0.15) is 17.5 Å². The van der Waals surface area contributed by atoms with Crippen LogP contribution >= 0.6 is 0 Å². The number of hydrogen-bond acceptors (Lipinski definition) is 7. The molecule has 0 spiro atoms. The van der Waals surface area contributed by atoms with Gasteiger partial charge in [-0.25, -0.2) is 18.2 Å². The Bertz CT molecular complexity index is 1630. The Morgan fingerprint density at radius 1 is 1.18 bits per heavy atom. The van der Waals surface area contributed by atoms with E-state index >= 15 is 0 Å². The third-order valence-corrected chi connectivity index (χ3v) is 9.15. The average Bonchev–Trinajstić information content (AvgIpc) is 3.43. The molecule has 0 saturated heterocycles. The number of aliphatic hydroxyl groups excluding tert-OH is 1. The summed E-state index contributed by atoms with van der Waals surface area (Å²) in [6.07, 6.45) is -2.61. The number of imidazole rings is 1. The van der Waals surface area contributed by atoms with Crippen molar-refractivity contribution in [2.75, 3.05) is 37.4 Å². The molecule has 0 radical (unpaired) electrons. The van der Waals surface area contributed by atoms with Crippen LogP contribution in [0.25, 0.3) is 0 Å². The van der Waals surface area contributed by atoms with Crippen LogP contribution in [0.2, 0.25) is 0 Å². The fourth-order valence-corrected chi connectivity index (χ4v) is 5.94. The summed E-state index contributed by atoms with van der Waals surface area (Å²) in [4.78, 5) is 31.6. The number of anilines is 2. The minimum Gasteiger partial charge on any atom is -0.488 e. The second kappa shape index (κ2) is 13.5. The minimum atomic E-state index is -4.51. The normalized spacial score (nSPS) is 18.3. The summed E-state index contributed by atoms with van der Waals surface area (Å²) in [6.45, 7) is 3.32. The van der Waals surface area contributed by atoms with Crippen molar-refractivity contribution in [1.82, 2.24) is 18.8 Å². The molecule has 45 heavy (non-hydrogen) atoms. The van der Waals surface area contributed by atoms with Crippen LogP contribution in [0, 0.1) is 5.92 Å². The van der Waals surface area contributed by atoms with Gasteiger partial charge in [0.25, 0.3) is 10.0 Å². The summed E-state index contributed by atoms with van der Waals surface area (Å²) in [5, 5.41) is 14.8. The maximum absolute atomic E-state index is 13.4. The van der Waals surface area contributed by atoms with Crippen molar-refractivity contribution in [3.05, 3.63) is 66.1 Å². The zero-order valence-corrected chi connectivity index (χ0v) is 25.9. The van der Waals surface area contributed by atoms with E-state index in [4.69, 9.17) is 4.74 Å². The molecule has 2 aromatic carbocycles. The Morgan fingerprint density at radius 2 is 1.82 bits per heavy atom. The van der Waals surface area contributed by atoms with Gasteiger partial charge in [0, 0.05) is 49.7 Å². The number of ether oxygens (including phenoxy) is 1. The summed E-state index contributed by atoms with van der Waals surface area (Å²) in [6, 6.07) is 7.30. The molecule has 16 heteroatoms. The molecule has 0 aliphatic carbocycles. The number of benzene rings is 2. The highest BCUT2D eigenvalue weighted by atomic mass is 32.2.